The number of fused-ring (bicyclic) bond motifs is 1. The first-order valence-electron chi connectivity index (χ1n) is 6.41. The maximum Gasteiger partial charge on any atom is 0.133 e. The van der Waals surface area contributed by atoms with Crippen LogP contribution in [0.25, 0.3) is 0 Å². The molecule has 2 atom stereocenters. The van der Waals surface area contributed by atoms with Crippen LogP contribution >= 0.6 is 0 Å². The lowest BCUT2D eigenvalue weighted by atomic mass is 9.91. The van der Waals surface area contributed by atoms with Crippen LogP contribution in [0.1, 0.15) is 35.2 Å². The molecule has 0 amide bonds. The van der Waals surface area contributed by atoms with Crippen LogP contribution in [-0.4, -0.2) is 4.98 Å². The number of aryl methyl sites for hydroxylation is 1. The van der Waals surface area contributed by atoms with Crippen molar-refractivity contribution in [1.29, 1.82) is 0 Å². The zero-order valence-corrected chi connectivity index (χ0v) is 10.6. The van der Waals surface area contributed by atoms with Crippen molar-refractivity contribution in [2.75, 3.05) is 0 Å². The third kappa shape index (κ3) is 2.08. The summed E-state index contributed by atoms with van der Waals surface area (Å²) < 4.78 is 40.6. The number of hydrogen-bond acceptors (Lipinski definition) is 2. The summed E-state index contributed by atoms with van der Waals surface area (Å²) in [7, 11) is 0. The van der Waals surface area contributed by atoms with Gasteiger partial charge >= 0.3 is 0 Å². The second-order valence-corrected chi connectivity index (χ2v) is 5.00. The van der Waals surface area contributed by atoms with Crippen molar-refractivity contribution in [3.8, 4) is 0 Å². The predicted molar refractivity (Wildman–Crippen MR) is 68.5 cm³/mol. The van der Waals surface area contributed by atoms with E-state index in [-0.39, 0.29) is 11.5 Å². The molecule has 3 rings (SSSR count). The molecule has 1 aliphatic rings. The molecule has 0 fully saturated rings. The highest BCUT2D eigenvalue weighted by Crippen LogP contribution is 2.40. The molecule has 0 radical (unpaired) electrons. The second-order valence-electron chi connectivity index (χ2n) is 5.00. The zero-order chi connectivity index (χ0) is 14.3. The van der Waals surface area contributed by atoms with Crippen molar-refractivity contribution in [3.63, 3.8) is 0 Å². The van der Waals surface area contributed by atoms with Crippen LogP contribution in [0.2, 0.25) is 0 Å². The number of rotatable bonds is 2. The minimum Gasteiger partial charge on any atom is -0.323 e. The maximum atomic E-state index is 13.8. The molecule has 5 heteroatoms. The van der Waals surface area contributed by atoms with Crippen LogP contribution in [0.3, 0.4) is 0 Å². The van der Waals surface area contributed by atoms with E-state index in [9.17, 15) is 13.2 Å². The molecule has 2 aromatic rings. The average molecular weight is 278 g/mol. The van der Waals surface area contributed by atoms with Gasteiger partial charge in [-0.15, -0.1) is 0 Å². The second kappa shape index (κ2) is 4.90. The topological polar surface area (TPSA) is 38.9 Å². The summed E-state index contributed by atoms with van der Waals surface area (Å²) in [5.74, 6) is -3.08. The number of hydrogen-bond donors (Lipinski definition) is 1. The first-order chi connectivity index (χ1) is 9.58. The van der Waals surface area contributed by atoms with Gasteiger partial charge in [0.15, 0.2) is 0 Å². The monoisotopic (exact) mass is 278 g/mol. The van der Waals surface area contributed by atoms with E-state index in [0.717, 1.165) is 17.7 Å². The molecule has 0 saturated carbocycles. The van der Waals surface area contributed by atoms with Gasteiger partial charge in [0.1, 0.15) is 17.5 Å². The predicted octanol–water partition coefficient (Wildman–Crippen LogP) is 3.23. The molecule has 1 aromatic carbocycles. The van der Waals surface area contributed by atoms with Crippen molar-refractivity contribution in [1.82, 2.24) is 4.98 Å². The van der Waals surface area contributed by atoms with Gasteiger partial charge in [-0.05, 0) is 24.5 Å². The van der Waals surface area contributed by atoms with E-state index in [1.165, 1.54) is 0 Å². The van der Waals surface area contributed by atoms with Gasteiger partial charge in [-0.3, -0.25) is 4.98 Å². The first-order valence-corrected chi connectivity index (χ1v) is 6.41. The minimum absolute atomic E-state index is 0.249. The molecule has 2 unspecified atom stereocenters. The van der Waals surface area contributed by atoms with Crippen LogP contribution in [0, 0.1) is 17.5 Å². The van der Waals surface area contributed by atoms with Gasteiger partial charge in [0.25, 0.3) is 0 Å². The Morgan fingerprint density at radius 3 is 2.60 bits per heavy atom. The van der Waals surface area contributed by atoms with Crippen molar-refractivity contribution in [2.45, 2.75) is 24.8 Å². The maximum absolute atomic E-state index is 13.8. The standard InChI is InChI=1S/C15H13F3N2/c16-9-6-11(17)13(12(18)7-9)14(19)10-4-3-8-2-1-5-20-15(8)10/h1-2,5-7,10,14H,3-4,19H2. The number of nitrogens with zero attached hydrogens (tertiary/aromatic N) is 1. The minimum atomic E-state index is -0.945. The number of nitrogens with two attached hydrogens (primary N) is 1. The summed E-state index contributed by atoms with van der Waals surface area (Å²) in [6.07, 6.45) is 3.11. The largest absolute Gasteiger partial charge is 0.323 e. The Morgan fingerprint density at radius 2 is 1.90 bits per heavy atom. The Bertz CT molecular complexity index is 634. The van der Waals surface area contributed by atoms with Crippen LogP contribution < -0.4 is 5.73 Å². The molecule has 1 aromatic heterocycles. The quantitative estimate of drug-likeness (QED) is 0.916. The summed E-state index contributed by atoms with van der Waals surface area (Å²) in [6.45, 7) is 0. The van der Waals surface area contributed by atoms with E-state index in [4.69, 9.17) is 5.73 Å². The molecular weight excluding hydrogens is 265 g/mol. The van der Waals surface area contributed by atoms with Gasteiger partial charge in [-0.2, -0.15) is 0 Å². The van der Waals surface area contributed by atoms with E-state index >= 15 is 0 Å². The van der Waals surface area contributed by atoms with Gasteiger partial charge in [0.2, 0.25) is 0 Å². The fourth-order valence-corrected chi connectivity index (χ4v) is 2.87. The van der Waals surface area contributed by atoms with E-state index < -0.39 is 23.5 Å². The van der Waals surface area contributed by atoms with E-state index in [1.54, 1.807) is 6.20 Å². The number of benzene rings is 1. The number of pyridine rings is 1. The van der Waals surface area contributed by atoms with E-state index in [1.807, 2.05) is 12.1 Å². The summed E-state index contributed by atoms with van der Waals surface area (Å²) in [4.78, 5) is 4.27. The fourth-order valence-electron chi connectivity index (χ4n) is 2.87. The zero-order valence-electron chi connectivity index (χ0n) is 10.6. The molecule has 0 bridgehead atoms. The lowest BCUT2D eigenvalue weighted by molar-refractivity contribution is 0.463. The molecular formula is C15H13F3N2. The summed E-state index contributed by atoms with van der Waals surface area (Å²) >= 11 is 0. The highest BCUT2D eigenvalue weighted by molar-refractivity contribution is 5.34. The van der Waals surface area contributed by atoms with E-state index in [0.29, 0.717) is 18.6 Å². The lowest BCUT2D eigenvalue weighted by Gasteiger charge is -2.21. The molecule has 20 heavy (non-hydrogen) atoms. The van der Waals surface area contributed by atoms with E-state index in [2.05, 4.69) is 4.98 Å². The van der Waals surface area contributed by atoms with Gasteiger partial charge < -0.3 is 5.73 Å². The lowest BCUT2D eigenvalue weighted by Crippen LogP contribution is -2.21. The van der Waals surface area contributed by atoms with Crippen LogP contribution in [0.15, 0.2) is 30.5 Å². The molecule has 2 N–H and O–H groups in total. The Labute approximate surface area is 114 Å². The Balaban J connectivity index is 2.01. The van der Waals surface area contributed by atoms with Crippen molar-refractivity contribution >= 4 is 0 Å². The average Bonchev–Trinajstić information content (AvgIpc) is 2.81. The van der Waals surface area contributed by atoms with Crippen LogP contribution in [-0.2, 0) is 6.42 Å². The number of aromatic nitrogens is 1. The SMILES string of the molecule is NC(c1c(F)cc(F)cc1F)C1CCc2cccnc21. The molecule has 1 aliphatic carbocycles. The molecule has 0 spiro atoms. The normalized spacial score (nSPS) is 18.9. The summed E-state index contributed by atoms with van der Waals surface area (Å²) in [5.41, 5.74) is 7.59. The van der Waals surface area contributed by atoms with Crippen molar-refractivity contribution < 1.29 is 13.2 Å². The molecule has 0 saturated heterocycles. The van der Waals surface area contributed by atoms with Gasteiger partial charge in [0.05, 0.1) is 0 Å². The highest BCUT2D eigenvalue weighted by atomic mass is 19.1. The van der Waals surface area contributed by atoms with Gasteiger partial charge in [0, 0.05) is 41.5 Å². The number of halogens is 3. The molecule has 2 nitrogen and oxygen atoms in total. The van der Waals surface area contributed by atoms with Crippen molar-refractivity contribution in [3.05, 3.63) is 64.7 Å². The molecule has 0 aliphatic heterocycles. The van der Waals surface area contributed by atoms with Crippen LogP contribution in [0.5, 0.6) is 0 Å². The Morgan fingerprint density at radius 1 is 1.20 bits per heavy atom. The van der Waals surface area contributed by atoms with Crippen molar-refractivity contribution in [2.24, 2.45) is 5.73 Å². The fraction of sp³-hybridized carbons (Fsp3) is 0.267. The Hall–Kier alpha value is -1.88. The molecule has 104 valence electrons. The molecule has 1 heterocycles. The summed E-state index contributed by atoms with van der Waals surface area (Å²) in [6, 6.07) is 4.21. The third-order valence-corrected chi connectivity index (χ3v) is 3.81. The van der Waals surface area contributed by atoms with Gasteiger partial charge in [-0.1, -0.05) is 6.07 Å². The summed E-state index contributed by atoms with van der Waals surface area (Å²) in [5, 5.41) is 0. The third-order valence-electron chi connectivity index (χ3n) is 3.81. The Kier molecular flexibility index (Phi) is 3.22. The van der Waals surface area contributed by atoms with Crippen LogP contribution in [0.4, 0.5) is 13.2 Å². The van der Waals surface area contributed by atoms with Gasteiger partial charge in [-0.25, -0.2) is 13.2 Å². The first kappa shape index (κ1) is 13.1. The highest BCUT2D eigenvalue weighted by Gasteiger charge is 2.32. The smallest absolute Gasteiger partial charge is 0.133 e.